The van der Waals surface area contributed by atoms with E-state index in [9.17, 15) is 4.79 Å². The molecule has 2 rings (SSSR count). The molecule has 0 N–H and O–H groups in total. The Kier molecular flexibility index (Phi) is 5.14. The molecule has 0 aliphatic heterocycles. The zero-order valence-electron chi connectivity index (χ0n) is 12.8. The van der Waals surface area contributed by atoms with E-state index in [2.05, 4.69) is 36.2 Å². The molecule has 0 unspecified atom stereocenters. The van der Waals surface area contributed by atoms with E-state index in [4.69, 9.17) is 9.15 Å². The van der Waals surface area contributed by atoms with Crippen molar-refractivity contribution in [1.82, 2.24) is 4.98 Å². The number of benzene rings is 1. The lowest BCUT2D eigenvalue weighted by Crippen LogP contribution is -2.05. The first-order chi connectivity index (χ1) is 10.1. The Balaban J connectivity index is 2.06. The van der Waals surface area contributed by atoms with Gasteiger partial charge in [-0.1, -0.05) is 36.8 Å². The van der Waals surface area contributed by atoms with Crippen molar-refractivity contribution >= 4 is 5.97 Å². The third-order valence-corrected chi connectivity index (χ3v) is 3.29. The van der Waals surface area contributed by atoms with Gasteiger partial charge >= 0.3 is 5.97 Å². The quantitative estimate of drug-likeness (QED) is 0.763. The van der Waals surface area contributed by atoms with Crippen LogP contribution < -0.4 is 0 Å². The van der Waals surface area contributed by atoms with E-state index in [0.717, 1.165) is 6.42 Å². The van der Waals surface area contributed by atoms with Crippen LogP contribution in [0, 0.1) is 6.92 Å². The molecule has 0 atom stereocenters. The number of nitrogens with zero attached hydrogens (tertiary/aromatic N) is 1. The van der Waals surface area contributed by atoms with Gasteiger partial charge < -0.3 is 9.15 Å². The van der Waals surface area contributed by atoms with Crippen LogP contribution in [0.4, 0.5) is 0 Å². The van der Waals surface area contributed by atoms with E-state index < -0.39 is 5.97 Å². The van der Waals surface area contributed by atoms with Gasteiger partial charge in [-0.3, -0.25) is 0 Å². The molecule has 0 bridgehead atoms. The lowest BCUT2D eigenvalue weighted by molar-refractivity contribution is 0.0486. The van der Waals surface area contributed by atoms with Crippen LogP contribution in [0.25, 0.3) is 0 Å². The van der Waals surface area contributed by atoms with Gasteiger partial charge in [0.15, 0.2) is 5.89 Å². The molecule has 2 aromatic rings. The maximum absolute atomic E-state index is 11.8. The van der Waals surface area contributed by atoms with Crippen molar-refractivity contribution in [3.63, 3.8) is 0 Å². The molecule has 0 spiro atoms. The molecule has 0 amide bonds. The summed E-state index contributed by atoms with van der Waals surface area (Å²) in [4.78, 5) is 16.2. The van der Waals surface area contributed by atoms with E-state index in [1.54, 1.807) is 6.92 Å². The molecule has 0 aliphatic rings. The molecule has 21 heavy (non-hydrogen) atoms. The van der Waals surface area contributed by atoms with Crippen molar-refractivity contribution in [2.45, 2.75) is 40.0 Å². The van der Waals surface area contributed by atoms with E-state index in [1.807, 2.05) is 6.92 Å². The summed E-state index contributed by atoms with van der Waals surface area (Å²) < 4.78 is 10.6. The topological polar surface area (TPSA) is 52.3 Å². The van der Waals surface area contributed by atoms with Gasteiger partial charge in [0.25, 0.3) is 0 Å². The summed E-state index contributed by atoms with van der Waals surface area (Å²) in [7, 11) is 0. The van der Waals surface area contributed by atoms with Gasteiger partial charge in [-0.15, -0.1) is 0 Å². The average molecular weight is 287 g/mol. The number of carbonyl (C=O) groups is 1. The van der Waals surface area contributed by atoms with E-state index in [-0.39, 0.29) is 5.76 Å². The number of rotatable bonds is 6. The Morgan fingerprint density at radius 2 is 1.90 bits per heavy atom. The highest BCUT2D eigenvalue weighted by molar-refractivity contribution is 5.87. The monoisotopic (exact) mass is 287 g/mol. The highest BCUT2D eigenvalue weighted by Crippen LogP contribution is 2.15. The Morgan fingerprint density at radius 1 is 1.19 bits per heavy atom. The molecule has 0 saturated carbocycles. The minimum absolute atomic E-state index is 0.248. The maximum atomic E-state index is 11.8. The van der Waals surface area contributed by atoms with Gasteiger partial charge in [0, 0.05) is 6.42 Å². The predicted molar refractivity (Wildman–Crippen MR) is 80.4 cm³/mol. The van der Waals surface area contributed by atoms with Crippen molar-refractivity contribution < 1.29 is 13.9 Å². The molecule has 0 saturated heterocycles. The molecule has 4 heteroatoms. The zero-order chi connectivity index (χ0) is 15.2. The molecule has 4 nitrogen and oxygen atoms in total. The van der Waals surface area contributed by atoms with Gasteiger partial charge in [0.2, 0.25) is 5.76 Å². The molecule has 0 aliphatic carbocycles. The minimum atomic E-state index is -0.427. The molecular weight excluding hydrogens is 266 g/mol. The minimum Gasteiger partial charge on any atom is -0.460 e. The second-order valence-corrected chi connectivity index (χ2v) is 4.94. The summed E-state index contributed by atoms with van der Waals surface area (Å²) >= 11 is 0. The van der Waals surface area contributed by atoms with Crippen LogP contribution in [0.1, 0.15) is 47.1 Å². The lowest BCUT2D eigenvalue weighted by Gasteiger charge is -2.00. The number of aryl methyl sites for hydroxylation is 4. The number of esters is 1. The van der Waals surface area contributed by atoms with E-state index in [1.165, 1.54) is 11.1 Å². The molecule has 0 fully saturated rings. The fourth-order valence-electron chi connectivity index (χ4n) is 2.11. The average Bonchev–Trinajstić information content (AvgIpc) is 2.90. The van der Waals surface area contributed by atoms with Crippen LogP contribution in [0.15, 0.2) is 28.7 Å². The number of hydrogen-bond donors (Lipinski definition) is 0. The summed E-state index contributed by atoms with van der Waals surface area (Å²) in [6.07, 6.45) is 2.17. The SMILES string of the molecule is CCOC(=O)c1oc(CCc2ccc(C)cc2)nc1CC. The van der Waals surface area contributed by atoms with Crippen LogP contribution >= 0.6 is 0 Å². The number of oxazole rings is 1. The first-order valence-corrected chi connectivity index (χ1v) is 7.35. The van der Waals surface area contributed by atoms with E-state index in [0.29, 0.717) is 31.0 Å². The maximum Gasteiger partial charge on any atom is 0.376 e. The van der Waals surface area contributed by atoms with Crippen molar-refractivity contribution in [1.29, 1.82) is 0 Å². The molecule has 1 aromatic carbocycles. The summed E-state index contributed by atoms with van der Waals surface area (Å²) in [6, 6.07) is 8.38. The standard InChI is InChI=1S/C17H21NO3/c1-4-14-16(17(19)20-5-2)21-15(18-14)11-10-13-8-6-12(3)7-9-13/h6-9H,4-5,10-11H2,1-3H3. The normalized spacial score (nSPS) is 10.6. The Labute approximate surface area is 125 Å². The van der Waals surface area contributed by atoms with Crippen LogP contribution in [-0.4, -0.2) is 17.6 Å². The molecule has 112 valence electrons. The van der Waals surface area contributed by atoms with Gasteiger partial charge in [0.05, 0.1) is 12.3 Å². The highest BCUT2D eigenvalue weighted by atomic mass is 16.5. The summed E-state index contributed by atoms with van der Waals surface area (Å²) in [5.41, 5.74) is 3.15. The largest absolute Gasteiger partial charge is 0.460 e. The van der Waals surface area contributed by atoms with Crippen LogP contribution in [0.3, 0.4) is 0 Å². The Morgan fingerprint density at radius 3 is 2.52 bits per heavy atom. The first-order valence-electron chi connectivity index (χ1n) is 7.35. The van der Waals surface area contributed by atoms with Crippen LogP contribution in [-0.2, 0) is 24.0 Å². The van der Waals surface area contributed by atoms with E-state index >= 15 is 0 Å². The second kappa shape index (κ2) is 7.07. The van der Waals surface area contributed by atoms with Gasteiger partial charge in [-0.25, -0.2) is 9.78 Å². The Bertz CT molecular complexity index is 599. The molecular formula is C17H21NO3. The third kappa shape index (κ3) is 3.94. The van der Waals surface area contributed by atoms with Crippen molar-refractivity contribution in [2.24, 2.45) is 0 Å². The molecule has 1 aromatic heterocycles. The fourth-order valence-corrected chi connectivity index (χ4v) is 2.11. The van der Waals surface area contributed by atoms with Crippen molar-refractivity contribution in [3.8, 4) is 0 Å². The number of ether oxygens (including phenoxy) is 1. The van der Waals surface area contributed by atoms with Crippen molar-refractivity contribution in [2.75, 3.05) is 6.61 Å². The van der Waals surface area contributed by atoms with Crippen molar-refractivity contribution in [3.05, 3.63) is 52.7 Å². The molecule has 0 radical (unpaired) electrons. The summed E-state index contributed by atoms with van der Waals surface area (Å²) in [5.74, 6) is 0.414. The number of aromatic nitrogens is 1. The smallest absolute Gasteiger partial charge is 0.376 e. The summed E-state index contributed by atoms with van der Waals surface area (Å²) in [5, 5.41) is 0. The zero-order valence-corrected chi connectivity index (χ0v) is 12.8. The Hall–Kier alpha value is -2.10. The van der Waals surface area contributed by atoms with Gasteiger partial charge in [0.1, 0.15) is 0 Å². The number of hydrogen-bond acceptors (Lipinski definition) is 4. The highest BCUT2D eigenvalue weighted by Gasteiger charge is 2.19. The lowest BCUT2D eigenvalue weighted by atomic mass is 10.1. The van der Waals surface area contributed by atoms with Crippen LogP contribution in [0.2, 0.25) is 0 Å². The second-order valence-electron chi connectivity index (χ2n) is 4.94. The predicted octanol–water partition coefficient (Wildman–Crippen LogP) is 3.51. The van der Waals surface area contributed by atoms with Gasteiger partial charge in [-0.05, 0) is 32.3 Å². The first kappa shape index (κ1) is 15.3. The number of carbonyl (C=O) groups excluding carboxylic acids is 1. The molecule has 1 heterocycles. The van der Waals surface area contributed by atoms with Crippen LogP contribution in [0.5, 0.6) is 0 Å². The fraction of sp³-hybridized carbons (Fsp3) is 0.412. The summed E-state index contributed by atoms with van der Waals surface area (Å²) in [6.45, 7) is 6.13. The van der Waals surface area contributed by atoms with Gasteiger partial charge in [-0.2, -0.15) is 0 Å². The third-order valence-electron chi connectivity index (χ3n) is 3.29.